The molecule has 1 aromatic carbocycles. The third-order valence-corrected chi connectivity index (χ3v) is 3.92. The van der Waals surface area contributed by atoms with Crippen LogP contribution in [0.1, 0.15) is 38.2 Å². The number of benzene rings is 1. The van der Waals surface area contributed by atoms with Gasteiger partial charge >= 0.3 is 0 Å². The molecule has 1 aromatic rings. The van der Waals surface area contributed by atoms with Crippen LogP contribution in [0.3, 0.4) is 0 Å². The fourth-order valence-electron chi connectivity index (χ4n) is 2.59. The minimum atomic E-state index is 0.547. The Morgan fingerprint density at radius 3 is 2.89 bits per heavy atom. The molecule has 1 unspecified atom stereocenters. The molecule has 1 fully saturated rings. The van der Waals surface area contributed by atoms with Crippen molar-refractivity contribution >= 4 is 5.69 Å². The monoisotopic (exact) mass is 262 g/mol. The average Bonchev–Trinajstić information content (AvgIpc) is 2.91. The van der Waals surface area contributed by atoms with Gasteiger partial charge in [-0.15, -0.1) is 0 Å². The molecule has 1 aliphatic heterocycles. The molecule has 0 radical (unpaired) electrons. The van der Waals surface area contributed by atoms with Gasteiger partial charge in [-0.25, -0.2) is 0 Å². The van der Waals surface area contributed by atoms with E-state index in [4.69, 9.17) is 4.74 Å². The maximum absolute atomic E-state index is 5.43. The third-order valence-electron chi connectivity index (χ3n) is 3.92. The molecule has 1 heterocycles. The van der Waals surface area contributed by atoms with Crippen molar-refractivity contribution in [1.82, 2.24) is 5.32 Å². The van der Waals surface area contributed by atoms with E-state index in [0.717, 1.165) is 23.9 Å². The molecule has 19 heavy (non-hydrogen) atoms. The minimum Gasteiger partial charge on any atom is -0.495 e. The van der Waals surface area contributed by atoms with E-state index < -0.39 is 0 Å². The van der Waals surface area contributed by atoms with Crippen LogP contribution in [0.25, 0.3) is 0 Å². The summed E-state index contributed by atoms with van der Waals surface area (Å²) in [6, 6.07) is 6.43. The zero-order chi connectivity index (χ0) is 13.7. The highest BCUT2D eigenvalue weighted by molar-refractivity contribution is 5.58. The van der Waals surface area contributed by atoms with Crippen LogP contribution < -0.4 is 15.4 Å². The Labute approximate surface area is 116 Å². The second-order valence-corrected chi connectivity index (χ2v) is 5.69. The maximum Gasteiger partial charge on any atom is 0.141 e. The zero-order valence-corrected chi connectivity index (χ0v) is 12.3. The number of methoxy groups -OCH3 is 1. The lowest BCUT2D eigenvalue weighted by Crippen LogP contribution is -2.13. The highest BCUT2D eigenvalue weighted by Gasteiger charge is 2.14. The standard InChI is InChI=1S/C16H26N2O/c1-12(2)14-4-5-16(19-3)15(10-14)18-9-7-13-6-8-17-11-13/h4-5,10,12-13,17-18H,6-9,11H2,1-3H3. The molecule has 3 heteroatoms. The third kappa shape index (κ3) is 3.87. The normalized spacial score (nSPS) is 18.8. The molecule has 0 aromatic heterocycles. The molecular weight excluding hydrogens is 236 g/mol. The van der Waals surface area contributed by atoms with Crippen molar-refractivity contribution in [2.24, 2.45) is 5.92 Å². The molecule has 0 bridgehead atoms. The van der Waals surface area contributed by atoms with Gasteiger partial charge in [0, 0.05) is 6.54 Å². The van der Waals surface area contributed by atoms with Gasteiger partial charge in [-0.3, -0.25) is 0 Å². The molecular formula is C16H26N2O. The summed E-state index contributed by atoms with van der Waals surface area (Å²) in [6.45, 7) is 7.80. The van der Waals surface area contributed by atoms with Crippen LogP contribution in [-0.4, -0.2) is 26.7 Å². The van der Waals surface area contributed by atoms with E-state index in [0.29, 0.717) is 5.92 Å². The Balaban J connectivity index is 1.94. The Bertz CT molecular complexity index is 398. The van der Waals surface area contributed by atoms with Crippen LogP contribution in [0, 0.1) is 5.92 Å². The van der Waals surface area contributed by atoms with Gasteiger partial charge in [-0.1, -0.05) is 19.9 Å². The zero-order valence-electron chi connectivity index (χ0n) is 12.3. The molecule has 106 valence electrons. The topological polar surface area (TPSA) is 33.3 Å². The van der Waals surface area contributed by atoms with Crippen molar-refractivity contribution in [1.29, 1.82) is 0 Å². The predicted molar refractivity (Wildman–Crippen MR) is 81.2 cm³/mol. The number of anilines is 1. The number of hydrogen-bond acceptors (Lipinski definition) is 3. The van der Waals surface area contributed by atoms with E-state index >= 15 is 0 Å². The average molecular weight is 262 g/mol. The first-order valence-corrected chi connectivity index (χ1v) is 7.33. The first-order valence-electron chi connectivity index (χ1n) is 7.33. The Hall–Kier alpha value is -1.22. The molecule has 1 aliphatic rings. The van der Waals surface area contributed by atoms with Gasteiger partial charge in [0.25, 0.3) is 0 Å². The van der Waals surface area contributed by atoms with Crippen molar-refractivity contribution in [2.75, 3.05) is 32.1 Å². The lowest BCUT2D eigenvalue weighted by Gasteiger charge is -2.15. The second kappa shape index (κ2) is 6.80. The van der Waals surface area contributed by atoms with Gasteiger partial charge in [-0.2, -0.15) is 0 Å². The minimum absolute atomic E-state index is 0.547. The molecule has 1 atom stereocenters. The number of ether oxygens (including phenoxy) is 1. The first-order chi connectivity index (χ1) is 9.20. The van der Waals surface area contributed by atoms with Gasteiger partial charge < -0.3 is 15.4 Å². The van der Waals surface area contributed by atoms with Crippen LogP contribution in [0.2, 0.25) is 0 Å². The van der Waals surface area contributed by atoms with Crippen LogP contribution in [0.4, 0.5) is 5.69 Å². The Morgan fingerprint density at radius 1 is 1.42 bits per heavy atom. The van der Waals surface area contributed by atoms with E-state index in [2.05, 4.69) is 42.7 Å². The van der Waals surface area contributed by atoms with Crippen LogP contribution in [0.15, 0.2) is 18.2 Å². The molecule has 2 N–H and O–H groups in total. The second-order valence-electron chi connectivity index (χ2n) is 5.69. The Kier molecular flexibility index (Phi) is 5.08. The molecule has 1 saturated heterocycles. The lowest BCUT2D eigenvalue weighted by molar-refractivity contribution is 0.416. The van der Waals surface area contributed by atoms with Crippen LogP contribution in [-0.2, 0) is 0 Å². The summed E-state index contributed by atoms with van der Waals surface area (Å²) in [5, 5.41) is 6.95. The van der Waals surface area contributed by atoms with Crippen molar-refractivity contribution in [2.45, 2.75) is 32.6 Å². The van der Waals surface area contributed by atoms with Gasteiger partial charge in [0.1, 0.15) is 5.75 Å². The summed E-state index contributed by atoms with van der Waals surface area (Å²) in [7, 11) is 1.73. The summed E-state index contributed by atoms with van der Waals surface area (Å²) in [6.07, 6.45) is 2.53. The van der Waals surface area contributed by atoms with E-state index in [-0.39, 0.29) is 0 Å². The number of hydrogen-bond donors (Lipinski definition) is 2. The van der Waals surface area contributed by atoms with Gasteiger partial charge in [-0.05, 0) is 55.5 Å². The molecule has 3 nitrogen and oxygen atoms in total. The quantitative estimate of drug-likeness (QED) is 0.826. The smallest absolute Gasteiger partial charge is 0.141 e. The summed E-state index contributed by atoms with van der Waals surface area (Å²) in [5.74, 6) is 2.31. The summed E-state index contributed by atoms with van der Waals surface area (Å²) >= 11 is 0. The van der Waals surface area contributed by atoms with Gasteiger partial charge in [0.2, 0.25) is 0 Å². The predicted octanol–water partition coefficient (Wildman–Crippen LogP) is 3.23. The van der Waals surface area contributed by atoms with Crippen LogP contribution >= 0.6 is 0 Å². The highest BCUT2D eigenvalue weighted by atomic mass is 16.5. The van der Waals surface area contributed by atoms with Crippen molar-refractivity contribution in [3.8, 4) is 5.75 Å². The fraction of sp³-hybridized carbons (Fsp3) is 0.625. The van der Waals surface area contributed by atoms with Crippen LogP contribution in [0.5, 0.6) is 5.75 Å². The Morgan fingerprint density at radius 2 is 2.26 bits per heavy atom. The SMILES string of the molecule is COc1ccc(C(C)C)cc1NCCC1CCNC1. The highest BCUT2D eigenvalue weighted by Crippen LogP contribution is 2.28. The van der Waals surface area contributed by atoms with E-state index in [9.17, 15) is 0 Å². The molecule has 0 amide bonds. The summed E-state index contributed by atoms with van der Waals surface area (Å²) < 4.78 is 5.43. The van der Waals surface area contributed by atoms with E-state index in [1.165, 1.54) is 31.5 Å². The van der Waals surface area contributed by atoms with Gasteiger partial charge in [0.05, 0.1) is 12.8 Å². The summed E-state index contributed by atoms with van der Waals surface area (Å²) in [5.41, 5.74) is 2.48. The van der Waals surface area contributed by atoms with Crippen molar-refractivity contribution < 1.29 is 4.74 Å². The molecule has 2 rings (SSSR count). The maximum atomic E-state index is 5.43. The molecule has 0 saturated carbocycles. The van der Waals surface area contributed by atoms with E-state index in [1.807, 2.05) is 0 Å². The van der Waals surface area contributed by atoms with Gasteiger partial charge in [0.15, 0.2) is 0 Å². The lowest BCUT2D eigenvalue weighted by atomic mass is 10.0. The molecule has 0 spiro atoms. The molecule has 0 aliphatic carbocycles. The number of nitrogens with one attached hydrogen (secondary N) is 2. The fourth-order valence-corrected chi connectivity index (χ4v) is 2.59. The van der Waals surface area contributed by atoms with Crippen molar-refractivity contribution in [3.05, 3.63) is 23.8 Å². The number of rotatable bonds is 6. The first kappa shape index (κ1) is 14.2. The van der Waals surface area contributed by atoms with E-state index in [1.54, 1.807) is 7.11 Å². The summed E-state index contributed by atoms with van der Waals surface area (Å²) in [4.78, 5) is 0. The largest absolute Gasteiger partial charge is 0.495 e. The van der Waals surface area contributed by atoms with Crippen molar-refractivity contribution in [3.63, 3.8) is 0 Å².